The Kier molecular flexibility index (Phi) is 3.95. The lowest BCUT2D eigenvalue weighted by Gasteiger charge is -2.07. The molecule has 0 aliphatic rings. The second kappa shape index (κ2) is 4.58. The maximum Gasteiger partial charge on any atom is 0.147 e. The molecule has 0 aliphatic carbocycles. The van der Waals surface area contributed by atoms with E-state index in [1.54, 1.807) is 12.1 Å². The van der Waals surface area contributed by atoms with Crippen molar-refractivity contribution in [3.8, 4) is 0 Å². The Morgan fingerprint density at radius 2 is 2.08 bits per heavy atom. The minimum absolute atomic E-state index is 0.0640. The normalized spacial score (nSPS) is 12.6. The Bertz CT molecular complexity index is 318. The van der Waals surface area contributed by atoms with Crippen molar-refractivity contribution in [2.24, 2.45) is 0 Å². The van der Waals surface area contributed by atoms with Gasteiger partial charge >= 0.3 is 0 Å². The minimum atomic E-state index is -0.275. The third kappa shape index (κ3) is 3.08. The summed E-state index contributed by atoms with van der Waals surface area (Å²) in [4.78, 5) is 10.8. The predicted molar refractivity (Wildman–Crippen MR) is 61.5 cm³/mol. The van der Waals surface area contributed by atoms with Gasteiger partial charge in [-0.1, -0.05) is 43.5 Å². The van der Waals surface area contributed by atoms with E-state index < -0.39 is 0 Å². The van der Waals surface area contributed by atoms with E-state index in [1.807, 2.05) is 6.07 Å². The van der Waals surface area contributed by atoms with Gasteiger partial charge in [-0.2, -0.15) is 0 Å². The molecule has 1 atom stereocenters. The highest BCUT2D eigenvalue weighted by molar-refractivity contribution is 9.10. The predicted octanol–water partition coefficient (Wildman–Crippen LogP) is 4.13. The number of halogens is 3. The van der Waals surface area contributed by atoms with Crippen molar-refractivity contribution < 1.29 is 4.79 Å². The number of Topliss-reactive ketones (excluding diaryl/α,β-unsaturated/α-hetero) is 1. The number of carbonyl (C=O) groups is 1. The lowest BCUT2D eigenvalue weighted by atomic mass is 10.1. The molecule has 0 saturated carbocycles. The zero-order valence-corrected chi connectivity index (χ0v) is 10.8. The Morgan fingerprint density at radius 3 is 2.54 bits per heavy atom. The Balaban J connectivity index is 3.07. The Morgan fingerprint density at radius 1 is 1.46 bits per heavy atom. The van der Waals surface area contributed by atoms with Crippen molar-refractivity contribution >= 4 is 49.2 Å². The molecule has 1 rings (SSSR count). The molecule has 0 N–H and O–H groups in total. The monoisotopic (exact) mass is 324 g/mol. The van der Waals surface area contributed by atoms with Crippen molar-refractivity contribution in [2.75, 3.05) is 0 Å². The summed E-state index contributed by atoms with van der Waals surface area (Å²) in [6.07, 6.45) is 0. The van der Waals surface area contributed by atoms with Crippen LogP contribution < -0.4 is 0 Å². The lowest BCUT2D eigenvalue weighted by molar-refractivity contribution is -0.116. The second-order valence-electron chi connectivity index (χ2n) is 2.68. The molecule has 4 heteroatoms. The second-order valence-corrected chi connectivity index (χ2v) is 4.94. The van der Waals surface area contributed by atoms with Crippen LogP contribution in [0.2, 0.25) is 5.02 Å². The van der Waals surface area contributed by atoms with Crippen LogP contribution in [-0.4, -0.2) is 5.78 Å². The van der Waals surface area contributed by atoms with Crippen LogP contribution in [0.5, 0.6) is 0 Å². The van der Waals surface area contributed by atoms with Crippen LogP contribution in [0.4, 0.5) is 0 Å². The summed E-state index contributed by atoms with van der Waals surface area (Å²) < 4.78 is 0.876. The van der Waals surface area contributed by atoms with Gasteiger partial charge in [-0.15, -0.1) is 0 Å². The van der Waals surface area contributed by atoms with E-state index >= 15 is 0 Å². The number of carbonyl (C=O) groups excluding carboxylic acids is 1. The summed E-state index contributed by atoms with van der Waals surface area (Å²) in [7, 11) is 0. The third-order valence-corrected chi connectivity index (χ3v) is 3.38. The Labute approximate surface area is 98.7 Å². The maximum absolute atomic E-state index is 11.1. The fraction of sp³-hybridized carbons (Fsp3) is 0.222. The molecule has 0 aromatic heterocycles. The van der Waals surface area contributed by atoms with E-state index in [0.29, 0.717) is 5.02 Å². The minimum Gasteiger partial charge on any atom is -0.298 e. The van der Waals surface area contributed by atoms with Crippen LogP contribution in [0.15, 0.2) is 22.7 Å². The highest BCUT2D eigenvalue weighted by Crippen LogP contribution is 2.29. The first-order valence-electron chi connectivity index (χ1n) is 3.61. The largest absolute Gasteiger partial charge is 0.298 e. The number of alkyl halides is 1. The molecule has 1 nitrogen and oxygen atoms in total. The molecule has 13 heavy (non-hydrogen) atoms. The lowest BCUT2D eigenvalue weighted by Crippen LogP contribution is -2.00. The average Bonchev–Trinajstić information content (AvgIpc) is 2.01. The molecular formula is C9H7Br2ClO. The summed E-state index contributed by atoms with van der Waals surface area (Å²) in [5.74, 6) is 0.0640. The van der Waals surface area contributed by atoms with Crippen molar-refractivity contribution in [3.05, 3.63) is 33.3 Å². The number of benzene rings is 1. The van der Waals surface area contributed by atoms with Gasteiger partial charge in [0.05, 0.1) is 4.83 Å². The van der Waals surface area contributed by atoms with Crippen LogP contribution >= 0.6 is 43.5 Å². The first-order chi connectivity index (χ1) is 6.00. The number of rotatable bonds is 2. The molecule has 70 valence electrons. The third-order valence-electron chi connectivity index (χ3n) is 1.53. The first kappa shape index (κ1) is 11.2. The van der Waals surface area contributed by atoms with E-state index in [0.717, 1.165) is 10.0 Å². The van der Waals surface area contributed by atoms with Crippen LogP contribution in [0, 0.1) is 0 Å². The van der Waals surface area contributed by atoms with Gasteiger partial charge in [0.2, 0.25) is 0 Å². The van der Waals surface area contributed by atoms with E-state index in [4.69, 9.17) is 11.6 Å². The molecule has 0 bridgehead atoms. The highest BCUT2D eigenvalue weighted by atomic mass is 79.9. The maximum atomic E-state index is 11.1. The molecule has 0 amide bonds. The quantitative estimate of drug-likeness (QED) is 0.747. The molecule has 0 heterocycles. The molecule has 0 aliphatic heterocycles. The molecule has 1 aromatic carbocycles. The fourth-order valence-corrected chi connectivity index (χ4v) is 2.11. The molecular weight excluding hydrogens is 319 g/mol. The van der Waals surface area contributed by atoms with Crippen LogP contribution in [0.25, 0.3) is 0 Å². The number of ketones is 1. The van der Waals surface area contributed by atoms with Crippen LogP contribution in [-0.2, 0) is 4.79 Å². The van der Waals surface area contributed by atoms with Crippen molar-refractivity contribution in [1.29, 1.82) is 0 Å². The highest BCUT2D eigenvalue weighted by Gasteiger charge is 2.13. The van der Waals surface area contributed by atoms with Gasteiger partial charge in [0.15, 0.2) is 0 Å². The van der Waals surface area contributed by atoms with Gasteiger partial charge in [0, 0.05) is 9.50 Å². The van der Waals surface area contributed by atoms with Crippen molar-refractivity contribution in [1.82, 2.24) is 0 Å². The van der Waals surface area contributed by atoms with Gasteiger partial charge < -0.3 is 0 Å². The summed E-state index contributed by atoms with van der Waals surface area (Å²) >= 11 is 12.4. The first-order valence-corrected chi connectivity index (χ1v) is 5.70. The smallest absolute Gasteiger partial charge is 0.147 e. The molecule has 0 saturated heterocycles. The summed E-state index contributed by atoms with van der Waals surface area (Å²) in [6.45, 7) is 1.54. The number of hydrogen-bond donors (Lipinski definition) is 0. The number of hydrogen-bond acceptors (Lipinski definition) is 1. The summed E-state index contributed by atoms with van der Waals surface area (Å²) in [6, 6.07) is 5.42. The zero-order chi connectivity index (χ0) is 10.0. The van der Waals surface area contributed by atoms with Gasteiger partial charge in [0.25, 0.3) is 0 Å². The van der Waals surface area contributed by atoms with Gasteiger partial charge in [-0.25, -0.2) is 0 Å². The van der Waals surface area contributed by atoms with Crippen LogP contribution in [0.3, 0.4) is 0 Å². The molecule has 0 radical (unpaired) electrons. The van der Waals surface area contributed by atoms with E-state index in [-0.39, 0.29) is 10.6 Å². The Hall–Kier alpha value is 0.140. The van der Waals surface area contributed by atoms with Crippen LogP contribution in [0.1, 0.15) is 17.3 Å². The standard InChI is InChI=1S/C9H7Br2ClO/c1-5(13)9(11)6-2-7(10)4-8(12)3-6/h2-4,9H,1H3. The summed E-state index contributed by atoms with van der Waals surface area (Å²) in [5, 5.41) is 0.620. The van der Waals surface area contributed by atoms with Gasteiger partial charge in [-0.3, -0.25) is 4.79 Å². The summed E-state index contributed by atoms with van der Waals surface area (Å²) in [5.41, 5.74) is 0.867. The van der Waals surface area contributed by atoms with E-state index in [9.17, 15) is 4.79 Å². The molecule has 0 spiro atoms. The average molecular weight is 326 g/mol. The van der Waals surface area contributed by atoms with Gasteiger partial charge in [0.1, 0.15) is 5.78 Å². The topological polar surface area (TPSA) is 17.1 Å². The van der Waals surface area contributed by atoms with E-state index in [1.165, 1.54) is 6.92 Å². The van der Waals surface area contributed by atoms with Crippen molar-refractivity contribution in [2.45, 2.75) is 11.8 Å². The fourth-order valence-electron chi connectivity index (χ4n) is 0.956. The van der Waals surface area contributed by atoms with E-state index in [2.05, 4.69) is 31.9 Å². The molecule has 1 unspecified atom stereocenters. The zero-order valence-electron chi connectivity index (χ0n) is 6.85. The van der Waals surface area contributed by atoms with Crippen molar-refractivity contribution in [3.63, 3.8) is 0 Å². The SMILES string of the molecule is CC(=O)C(Br)c1cc(Cl)cc(Br)c1. The molecule has 0 fully saturated rings. The van der Waals surface area contributed by atoms with Gasteiger partial charge in [-0.05, 0) is 30.7 Å². The molecule has 1 aromatic rings.